The van der Waals surface area contributed by atoms with Crippen molar-refractivity contribution in [2.75, 3.05) is 0 Å². The third-order valence-electron chi connectivity index (χ3n) is 3.50. The number of hydrogen-bond donors (Lipinski definition) is 2. The van der Waals surface area contributed by atoms with Gasteiger partial charge in [-0.25, -0.2) is 0 Å². The van der Waals surface area contributed by atoms with E-state index in [1.807, 2.05) is 51.1 Å². The van der Waals surface area contributed by atoms with Crippen molar-refractivity contribution in [1.82, 2.24) is 10.9 Å². The number of thioether (sulfide) groups is 1. The van der Waals surface area contributed by atoms with Gasteiger partial charge in [-0.2, -0.15) is 0 Å². The molecule has 2 aromatic carbocycles. The van der Waals surface area contributed by atoms with Crippen molar-refractivity contribution >= 4 is 23.6 Å². The van der Waals surface area contributed by atoms with E-state index in [4.69, 9.17) is 4.74 Å². The lowest BCUT2D eigenvalue weighted by Crippen LogP contribution is -2.44. The summed E-state index contributed by atoms with van der Waals surface area (Å²) in [6.07, 6.45) is 0.0730. The maximum Gasteiger partial charge on any atom is 0.269 e. The molecule has 0 fully saturated rings. The SMILES string of the molecule is CC(C)Oc1ccc(C(=O)NNC(=O)[C@@H](C)SCc2ccccc2)cc1. The van der Waals surface area contributed by atoms with E-state index in [9.17, 15) is 9.59 Å². The van der Waals surface area contributed by atoms with Crippen LogP contribution in [0.4, 0.5) is 0 Å². The average molecular weight is 372 g/mol. The third kappa shape index (κ3) is 6.44. The highest BCUT2D eigenvalue weighted by molar-refractivity contribution is 7.99. The van der Waals surface area contributed by atoms with Crippen LogP contribution in [0.3, 0.4) is 0 Å². The van der Waals surface area contributed by atoms with E-state index in [-0.39, 0.29) is 23.2 Å². The zero-order chi connectivity index (χ0) is 18.9. The van der Waals surface area contributed by atoms with Crippen LogP contribution in [-0.4, -0.2) is 23.2 Å². The first kappa shape index (κ1) is 19.8. The van der Waals surface area contributed by atoms with Gasteiger partial charge in [0.05, 0.1) is 11.4 Å². The molecule has 0 unspecified atom stereocenters. The van der Waals surface area contributed by atoms with Gasteiger partial charge >= 0.3 is 0 Å². The summed E-state index contributed by atoms with van der Waals surface area (Å²) in [5.74, 6) is 0.834. The van der Waals surface area contributed by atoms with Crippen LogP contribution >= 0.6 is 11.8 Å². The molecule has 2 amide bonds. The van der Waals surface area contributed by atoms with Gasteiger partial charge < -0.3 is 4.74 Å². The van der Waals surface area contributed by atoms with Crippen molar-refractivity contribution in [3.8, 4) is 5.75 Å². The van der Waals surface area contributed by atoms with E-state index in [1.165, 1.54) is 11.8 Å². The topological polar surface area (TPSA) is 67.4 Å². The highest BCUT2D eigenvalue weighted by atomic mass is 32.2. The summed E-state index contributed by atoms with van der Waals surface area (Å²) in [6.45, 7) is 5.69. The summed E-state index contributed by atoms with van der Waals surface area (Å²) in [5.41, 5.74) is 6.53. The first-order valence-corrected chi connectivity index (χ1v) is 9.53. The molecule has 2 aromatic rings. The van der Waals surface area contributed by atoms with Crippen LogP contribution in [0.1, 0.15) is 36.7 Å². The predicted octanol–water partition coefficient (Wildman–Crippen LogP) is 3.56. The smallest absolute Gasteiger partial charge is 0.269 e. The van der Waals surface area contributed by atoms with Crippen LogP contribution in [0.25, 0.3) is 0 Å². The minimum Gasteiger partial charge on any atom is -0.491 e. The van der Waals surface area contributed by atoms with Gasteiger partial charge in [0.15, 0.2) is 0 Å². The molecule has 6 heteroatoms. The Kier molecular flexibility index (Phi) is 7.53. The largest absolute Gasteiger partial charge is 0.491 e. The van der Waals surface area contributed by atoms with Crippen LogP contribution < -0.4 is 15.6 Å². The summed E-state index contributed by atoms with van der Waals surface area (Å²) < 4.78 is 5.54. The van der Waals surface area contributed by atoms with E-state index in [0.29, 0.717) is 11.3 Å². The Morgan fingerprint density at radius 2 is 1.62 bits per heavy atom. The molecular weight excluding hydrogens is 348 g/mol. The lowest BCUT2D eigenvalue weighted by Gasteiger charge is -2.13. The fourth-order valence-electron chi connectivity index (χ4n) is 2.12. The summed E-state index contributed by atoms with van der Waals surface area (Å²) in [7, 11) is 0. The highest BCUT2D eigenvalue weighted by Gasteiger charge is 2.15. The van der Waals surface area contributed by atoms with Crippen LogP contribution in [0.5, 0.6) is 5.75 Å². The Bertz CT molecular complexity index is 718. The molecule has 5 nitrogen and oxygen atoms in total. The number of carbonyl (C=O) groups is 2. The molecule has 1 atom stereocenters. The van der Waals surface area contributed by atoms with Gasteiger partial charge in [-0.15, -0.1) is 11.8 Å². The van der Waals surface area contributed by atoms with Gasteiger partial charge in [0, 0.05) is 11.3 Å². The summed E-state index contributed by atoms with van der Waals surface area (Å²) in [5, 5.41) is -0.280. The molecule has 138 valence electrons. The quantitative estimate of drug-likeness (QED) is 0.730. The molecule has 0 spiro atoms. The Balaban J connectivity index is 1.77. The molecule has 0 radical (unpaired) electrons. The number of hydrazine groups is 1. The summed E-state index contributed by atoms with van der Waals surface area (Å²) >= 11 is 1.51. The second-order valence-corrected chi connectivity index (χ2v) is 7.40. The van der Waals surface area contributed by atoms with Gasteiger partial charge in [-0.1, -0.05) is 30.3 Å². The number of benzene rings is 2. The standard InChI is InChI=1S/C20H24N2O3S/c1-14(2)25-18-11-9-17(10-12-18)20(24)22-21-19(23)15(3)26-13-16-7-5-4-6-8-16/h4-12,14-15H,13H2,1-3H3,(H,21,23)(H,22,24)/t15-/m1/s1. The van der Waals surface area contributed by atoms with Gasteiger partial charge in [0.1, 0.15) is 5.75 Å². The van der Waals surface area contributed by atoms with Crippen LogP contribution in [0.15, 0.2) is 54.6 Å². The van der Waals surface area contributed by atoms with Gasteiger partial charge in [0.2, 0.25) is 0 Å². The molecule has 0 aliphatic heterocycles. The van der Waals surface area contributed by atoms with Crippen molar-refractivity contribution in [1.29, 1.82) is 0 Å². The second-order valence-electron chi connectivity index (χ2n) is 6.07. The molecule has 26 heavy (non-hydrogen) atoms. The number of amides is 2. The first-order chi connectivity index (χ1) is 12.5. The fraction of sp³-hybridized carbons (Fsp3) is 0.300. The third-order valence-corrected chi connectivity index (χ3v) is 4.71. The number of hydrogen-bond acceptors (Lipinski definition) is 4. The van der Waals surface area contributed by atoms with E-state index in [1.54, 1.807) is 24.3 Å². The normalized spacial score (nSPS) is 11.7. The number of rotatable bonds is 7. The minimum absolute atomic E-state index is 0.0730. The van der Waals surface area contributed by atoms with Crippen molar-refractivity contribution in [2.24, 2.45) is 0 Å². The Labute approximate surface area is 158 Å². The monoisotopic (exact) mass is 372 g/mol. The molecule has 0 saturated heterocycles. The number of carbonyl (C=O) groups excluding carboxylic acids is 2. The van der Waals surface area contributed by atoms with E-state index >= 15 is 0 Å². The number of ether oxygens (including phenoxy) is 1. The predicted molar refractivity (Wildman–Crippen MR) is 105 cm³/mol. The molecule has 0 aliphatic carbocycles. The molecule has 2 N–H and O–H groups in total. The molecule has 0 aliphatic rings. The second kappa shape index (κ2) is 9.87. The van der Waals surface area contributed by atoms with Crippen LogP contribution in [-0.2, 0) is 10.5 Å². The molecular formula is C20H24N2O3S. The first-order valence-electron chi connectivity index (χ1n) is 8.48. The highest BCUT2D eigenvalue weighted by Crippen LogP contribution is 2.17. The zero-order valence-electron chi connectivity index (χ0n) is 15.2. The van der Waals surface area contributed by atoms with Gasteiger partial charge in [0.25, 0.3) is 11.8 Å². The molecule has 0 saturated carbocycles. The number of nitrogens with one attached hydrogen (secondary N) is 2. The Hall–Kier alpha value is -2.47. The average Bonchev–Trinajstić information content (AvgIpc) is 2.64. The van der Waals surface area contributed by atoms with Crippen LogP contribution in [0, 0.1) is 0 Å². The van der Waals surface area contributed by atoms with Gasteiger partial charge in [-0.3, -0.25) is 20.4 Å². The maximum absolute atomic E-state index is 12.1. The molecule has 2 rings (SSSR count). The van der Waals surface area contributed by atoms with Crippen LogP contribution in [0.2, 0.25) is 0 Å². The summed E-state index contributed by atoms with van der Waals surface area (Å²) in [6, 6.07) is 16.7. The van der Waals surface area contributed by atoms with E-state index < -0.39 is 0 Å². The lowest BCUT2D eigenvalue weighted by atomic mass is 10.2. The Morgan fingerprint density at radius 1 is 0.962 bits per heavy atom. The molecule has 0 bridgehead atoms. The van der Waals surface area contributed by atoms with Gasteiger partial charge in [-0.05, 0) is 50.6 Å². The van der Waals surface area contributed by atoms with E-state index in [0.717, 1.165) is 11.3 Å². The van der Waals surface area contributed by atoms with Crippen molar-refractivity contribution < 1.29 is 14.3 Å². The maximum atomic E-state index is 12.1. The van der Waals surface area contributed by atoms with Crippen molar-refractivity contribution in [2.45, 2.75) is 37.9 Å². The lowest BCUT2D eigenvalue weighted by molar-refractivity contribution is -0.121. The van der Waals surface area contributed by atoms with Crippen molar-refractivity contribution in [3.63, 3.8) is 0 Å². The van der Waals surface area contributed by atoms with Crippen molar-refractivity contribution in [3.05, 3.63) is 65.7 Å². The van der Waals surface area contributed by atoms with E-state index in [2.05, 4.69) is 10.9 Å². The molecule has 0 heterocycles. The fourth-order valence-corrected chi connectivity index (χ4v) is 2.97. The zero-order valence-corrected chi connectivity index (χ0v) is 16.0. The Morgan fingerprint density at radius 3 is 2.23 bits per heavy atom. The minimum atomic E-state index is -0.366. The molecule has 0 aromatic heterocycles. The summed E-state index contributed by atoms with van der Waals surface area (Å²) in [4.78, 5) is 24.2.